The number of hydrogen-bond acceptors (Lipinski definition) is 5. The average molecular weight is 407 g/mol. The van der Waals surface area contributed by atoms with Gasteiger partial charge in [0.15, 0.2) is 11.5 Å². The highest BCUT2D eigenvalue weighted by Gasteiger charge is 2.20. The molecule has 28 heavy (non-hydrogen) atoms. The summed E-state index contributed by atoms with van der Waals surface area (Å²) in [5.74, 6) is 0.389. The SMILES string of the molecule is COc1ccc(CN(C(=O)Nc2ccccc2C)C(C)C)cc1OS(C)(=O)=O. The van der Waals surface area contributed by atoms with Gasteiger partial charge < -0.3 is 19.1 Å². The molecule has 2 rings (SSSR count). The van der Waals surface area contributed by atoms with Gasteiger partial charge in [-0.25, -0.2) is 4.79 Å². The summed E-state index contributed by atoms with van der Waals surface area (Å²) >= 11 is 0. The van der Waals surface area contributed by atoms with Gasteiger partial charge in [-0.1, -0.05) is 24.3 Å². The number of para-hydroxylation sites is 1. The normalized spacial score (nSPS) is 11.2. The molecule has 0 aromatic heterocycles. The fourth-order valence-electron chi connectivity index (χ4n) is 2.63. The summed E-state index contributed by atoms with van der Waals surface area (Å²) in [5, 5.41) is 2.92. The minimum Gasteiger partial charge on any atom is -0.493 e. The third kappa shape index (κ3) is 5.88. The van der Waals surface area contributed by atoms with E-state index < -0.39 is 10.1 Å². The molecule has 0 aliphatic rings. The first-order valence-corrected chi connectivity index (χ1v) is 10.6. The molecule has 7 nitrogen and oxygen atoms in total. The van der Waals surface area contributed by atoms with Crippen molar-refractivity contribution in [1.29, 1.82) is 0 Å². The Morgan fingerprint density at radius 3 is 2.39 bits per heavy atom. The molecule has 0 atom stereocenters. The molecule has 2 aromatic carbocycles. The van der Waals surface area contributed by atoms with Crippen molar-refractivity contribution in [2.75, 3.05) is 18.7 Å². The van der Waals surface area contributed by atoms with Crippen LogP contribution in [0.1, 0.15) is 25.0 Å². The van der Waals surface area contributed by atoms with Crippen molar-refractivity contribution in [3.63, 3.8) is 0 Å². The van der Waals surface area contributed by atoms with Crippen LogP contribution in [0.5, 0.6) is 11.5 Å². The fraction of sp³-hybridized carbons (Fsp3) is 0.350. The van der Waals surface area contributed by atoms with E-state index in [1.54, 1.807) is 23.1 Å². The molecule has 0 fully saturated rings. The molecule has 152 valence electrons. The molecular formula is C20H26N2O5S. The average Bonchev–Trinajstić information content (AvgIpc) is 2.60. The van der Waals surface area contributed by atoms with Gasteiger partial charge in [0.25, 0.3) is 0 Å². The second kappa shape index (κ2) is 8.97. The third-order valence-electron chi connectivity index (χ3n) is 4.09. The molecule has 0 saturated carbocycles. The minimum absolute atomic E-state index is 0.0783. The van der Waals surface area contributed by atoms with E-state index in [4.69, 9.17) is 8.92 Å². The van der Waals surface area contributed by atoms with Crippen LogP contribution in [0.15, 0.2) is 42.5 Å². The van der Waals surface area contributed by atoms with Crippen LogP contribution in [0.25, 0.3) is 0 Å². The van der Waals surface area contributed by atoms with Gasteiger partial charge in [-0.3, -0.25) is 0 Å². The predicted octanol–water partition coefficient (Wildman–Crippen LogP) is 3.78. The summed E-state index contributed by atoms with van der Waals surface area (Å²) in [7, 11) is -2.28. The Balaban J connectivity index is 2.25. The maximum absolute atomic E-state index is 12.8. The Bertz CT molecular complexity index is 941. The maximum Gasteiger partial charge on any atom is 0.322 e. The van der Waals surface area contributed by atoms with Crippen LogP contribution in [-0.2, 0) is 16.7 Å². The van der Waals surface area contributed by atoms with E-state index in [2.05, 4.69) is 5.32 Å². The predicted molar refractivity (Wildman–Crippen MR) is 109 cm³/mol. The third-order valence-corrected chi connectivity index (χ3v) is 4.58. The summed E-state index contributed by atoms with van der Waals surface area (Å²) in [6.07, 6.45) is 0.967. The van der Waals surface area contributed by atoms with E-state index in [0.29, 0.717) is 11.3 Å². The second-order valence-electron chi connectivity index (χ2n) is 6.74. The molecule has 8 heteroatoms. The van der Waals surface area contributed by atoms with E-state index in [0.717, 1.165) is 17.5 Å². The molecule has 0 aliphatic carbocycles. The lowest BCUT2D eigenvalue weighted by atomic mass is 10.1. The number of hydrogen-bond donors (Lipinski definition) is 1. The van der Waals surface area contributed by atoms with Gasteiger partial charge >= 0.3 is 16.1 Å². The smallest absolute Gasteiger partial charge is 0.322 e. The first-order valence-electron chi connectivity index (χ1n) is 8.80. The molecule has 0 aliphatic heterocycles. The topological polar surface area (TPSA) is 84.9 Å². The lowest BCUT2D eigenvalue weighted by Gasteiger charge is -2.27. The zero-order chi connectivity index (χ0) is 20.9. The highest BCUT2D eigenvalue weighted by Crippen LogP contribution is 2.30. The highest BCUT2D eigenvalue weighted by molar-refractivity contribution is 7.86. The molecule has 2 aromatic rings. The minimum atomic E-state index is -3.71. The first kappa shape index (κ1) is 21.6. The molecule has 0 heterocycles. The van der Waals surface area contributed by atoms with Crippen LogP contribution < -0.4 is 14.2 Å². The van der Waals surface area contributed by atoms with Crippen LogP contribution in [-0.4, -0.2) is 38.8 Å². The van der Waals surface area contributed by atoms with Gasteiger partial charge in [-0.15, -0.1) is 0 Å². The zero-order valence-corrected chi connectivity index (χ0v) is 17.5. The molecular weight excluding hydrogens is 380 g/mol. The van der Waals surface area contributed by atoms with Crippen molar-refractivity contribution in [2.45, 2.75) is 33.4 Å². The number of methoxy groups -OCH3 is 1. The number of benzene rings is 2. The summed E-state index contributed by atoms with van der Waals surface area (Å²) in [6, 6.07) is 12.2. The van der Waals surface area contributed by atoms with Crippen LogP contribution in [0.4, 0.5) is 10.5 Å². The highest BCUT2D eigenvalue weighted by atomic mass is 32.2. The Morgan fingerprint density at radius 1 is 1.14 bits per heavy atom. The lowest BCUT2D eigenvalue weighted by Crippen LogP contribution is -2.39. The first-order chi connectivity index (χ1) is 13.1. The van der Waals surface area contributed by atoms with Gasteiger partial charge in [0.1, 0.15) is 0 Å². The Labute approximate surface area is 166 Å². The lowest BCUT2D eigenvalue weighted by molar-refractivity contribution is 0.193. The summed E-state index contributed by atoms with van der Waals surface area (Å²) in [5.41, 5.74) is 2.43. The Hall–Kier alpha value is -2.74. The van der Waals surface area contributed by atoms with Gasteiger partial charge in [0, 0.05) is 18.3 Å². The van der Waals surface area contributed by atoms with Crippen LogP contribution in [0, 0.1) is 6.92 Å². The van der Waals surface area contributed by atoms with Crippen molar-refractivity contribution < 1.29 is 22.1 Å². The van der Waals surface area contributed by atoms with Crippen molar-refractivity contribution in [3.8, 4) is 11.5 Å². The van der Waals surface area contributed by atoms with Crippen LogP contribution >= 0.6 is 0 Å². The summed E-state index contributed by atoms with van der Waals surface area (Å²) < 4.78 is 33.2. The van der Waals surface area contributed by atoms with Crippen LogP contribution in [0.2, 0.25) is 0 Å². The van der Waals surface area contributed by atoms with Gasteiger partial charge in [-0.2, -0.15) is 8.42 Å². The number of nitrogens with zero attached hydrogens (tertiary/aromatic N) is 1. The monoisotopic (exact) mass is 406 g/mol. The zero-order valence-electron chi connectivity index (χ0n) is 16.7. The number of ether oxygens (including phenoxy) is 1. The van der Waals surface area contributed by atoms with Crippen LogP contribution in [0.3, 0.4) is 0 Å². The summed E-state index contributed by atoms with van der Waals surface area (Å²) in [4.78, 5) is 14.5. The summed E-state index contributed by atoms with van der Waals surface area (Å²) in [6.45, 7) is 6.02. The van der Waals surface area contributed by atoms with E-state index in [1.807, 2.05) is 45.0 Å². The maximum atomic E-state index is 12.8. The van der Waals surface area contributed by atoms with Crippen molar-refractivity contribution in [2.24, 2.45) is 0 Å². The molecule has 0 bridgehead atoms. The molecule has 0 saturated heterocycles. The molecule has 0 unspecified atom stereocenters. The Kier molecular flexibility index (Phi) is 6.90. The van der Waals surface area contributed by atoms with Gasteiger partial charge in [-0.05, 0) is 50.1 Å². The standard InChI is InChI=1S/C20H26N2O5S/c1-14(2)22(20(23)21-17-9-7-6-8-15(17)3)13-16-10-11-18(26-4)19(12-16)27-28(5,24)25/h6-12,14H,13H2,1-5H3,(H,21,23). The molecule has 2 amide bonds. The number of carbonyl (C=O) groups excluding carboxylic acids is 1. The largest absolute Gasteiger partial charge is 0.493 e. The number of aryl methyl sites for hydroxylation is 1. The van der Waals surface area contributed by atoms with Gasteiger partial charge in [0.2, 0.25) is 0 Å². The van der Waals surface area contributed by atoms with Crippen molar-refractivity contribution >= 4 is 21.8 Å². The molecule has 1 N–H and O–H groups in total. The van der Waals surface area contributed by atoms with E-state index in [9.17, 15) is 13.2 Å². The van der Waals surface area contributed by atoms with Crippen molar-refractivity contribution in [1.82, 2.24) is 4.90 Å². The Morgan fingerprint density at radius 2 is 1.82 bits per heavy atom. The fourth-order valence-corrected chi connectivity index (χ4v) is 3.09. The number of anilines is 1. The molecule has 0 radical (unpaired) electrons. The van der Waals surface area contributed by atoms with Crippen molar-refractivity contribution in [3.05, 3.63) is 53.6 Å². The second-order valence-corrected chi connectivity index (χ2v) is 8.31. The number of amides is 2. The quantitative estimate of drug-likeness (QED) is 0.707. The number of rotatable bonds is 7. The number of nitrogens with one attached hydrogen (secondary N) is 1. The molecule has 0 spiro atoms. The number of carbonyl (C=O) groups is 1. The van der Waals surface area contributed by atoms with E-state index in [1.165, 1.54) is 7.11 Å². The van der Waals surface area contributed by atoms with E-state index >= 15 is 0 Å². The number of urea groups is 1. The van der Waals surface area contributed by atoms with E-state index in [-0.39, 0.29) is 24.4 Å². The van der Waals surface area contributed by atoms with Gasteiger partial charge in [0.05, 0.1) is 13.4 Å².